The van der Waals surface area contributed by atoms with Crippen molar-refractivity contribution in [3.05, 3.63) is 70.9 Å². The number of likely N-dealkylation sites (N-methyl/N-ethyl adjacent to an activating group) is 1. The highest BCUT2D eigenvalue weighted by Crippen LogP contribution is 2.68. The number of ether oxygens (including phenoxy) is 4. The Morgan fingerprint density at radius 3 is 2.33 bits per heavy atom. The molecule has 11 atom stereocenters. The summed E-state index contributed by atoms with van der Waals surface area (Å²) in [6, 6.07) is 11.4. The first-order chi connectivity index (χ1) is 31.5. The average molecular weight is 933 g/mol. The van der Waals surface area contributed by atoms with Gasteiger partial charge in [0.25, 0.3) is 0 Å². The van der Waals surface area contributed by atoms with Crippen LogP contribution in [0.1, 0.15) is 81.2 Å². The second kappa shape index (κ2) is 16.9. The number of aromatic nitrogens is 1. The number of nitrogens with one attached hydrogen (secondary N) is 1. The number of anilines is 1. The number of H-pyrrole nitrogens is 1. The van der Waals surface area contributed by atoms with Gasteiger partial charge in [-0.3, -0.25) is 23.2 Å². The van der Waals surface area contributed by atoms with E-state index in [4.69, 9.17) is 23.5 Å². The van der Waals surface area contributed by atoms with E-state index in [0.717, 1.165) is 78.6 Å². The summed E-state index contributed by atoms with van der Waals surface area (Å²) in [6.45, 7) is 7.65. The van der Waals surface area contributed by atoms with Gasteiger partial charge in [-0.2, -0.15) is 8.42 Å². The maximum atomic E-state index is 15.5. The fourth-order valence-corrected chi connectivity index (χ4v) is 14.7. The Bertz CT molecular complexity index is 2560. The topological polar surface area (TPSA) is 197 Å². The van der Waals surface area contributed by atoms with Crippen LogP contribution in [0.4, 0.5) is 5.69 Å². The molecule has 1 spiro atoms. The Kier molecular flexibility index (Phi) is 11.9. The number of carbonyl (C=O) groups is 3. The summed E-state index contributed by atoms with van der Waals surface area (Å²) in [5.74, 6) is 0.0532. The summed E-state index contributed by atoms with van der Waals surface area (Å²) in [4.78, 5) is 53.9. The fraction of sp³-hybridized carbons (Fsp3) is 0.612. The van der Waals surface area contributed by atoms with E-state index < -0.39 is 56.3 Å². The van der Waals surface area contributed by atoms with E-state index in [1.54, 1.807) is 7.11 Å². The summed E-state index contributed by atoms with van der Waals surface area (Å²) in [7, 11) is 3.05. The minimum atomic E-state index is -4.16. The van der Waals surface area contributed by atoms with Crippen LogP contribution in [0.15, 0.2) is 48.6 Å². The number of aliphatic hydroxyl groups is 1. The molecule has 2 aliphatic carbocycles. The van der Waals surface area contributed by atoms with Crippen LogP contribution in [0.3, 0.4) is 0 Å². The zero-order valence-corrected chi connectivity index (χ0v) is 39.8. The third-order valence-corrected chi connectivity index (χ3v) is 17.4. The molecule has 10 rings (SSSR count). The molecule has 17 heteroatoms. The lowest BCUT2D eigenvalue weighted by molar-refractivity contribution is -0.228. The minimum absolute atomic E-state index is 0.217. The first-order valence-corrected chi connectivity index (χ1v) is 24.7. The Morgan fingerprint density at radius 1 is 0.939 bits per heavy atom. The van der Waals surface area contributed by atoms with E-state index in [-0.39, 0.29) is 17.9 Å². The molecule has 0 radical (unpaired) electrons. The van der Waals surface area contributed by atoms with E-state index in [2.05, 4.69) is 55.4 Å². The molecule has 358 valence electrons. The number of methoxy groups -OCH3 is 3. The van der Waals surface area contributed by atoms with Crippen LogP contribution in [0.5, 0.6) is 5.75 Å². The number of aromatic amines is 1. The number of para-hydroxylation sites is 1. The van der Waals surface area contributed by atoms with Crippen molar-refractivity contribution in [1.82, 2.24) is 14.8 Å². The molecule has 2 aromatic carbocycles. The molecule has 2 saturated heterocycles. The molecule has 2 bridgehead atoms. The summed E-state index contributed by atoms with van der Waals surface area (Å²) >= 11 is 0. The van der Waals surface area contributed by atoms with Crippen LogP contribution in [-0.4, -0.2) is 143 Å². The Hall–Kier alpha value is -4.52. The summed E-state index contributed by atoms with van der Waals surface area (Å²) in [5.41, 5.74) is 0.0512. The van der Waals surface area contributed by atoms with E-state index >= 15 is 4.79 Å². The standard InChI is InChI=1S/C48H60N4O8.CH4O4S/c1-7-45-18-12-20-52-22-19-46(40(45)52)34-23-35(38(57-4)24-37(34)50(3)41(46)48(56,44(55)59-6)42(45)60-28(2)53)47(43(54)58-5)25-30-27-51(26-29-13-8-9-14-31(29)30)21-17-33-32-15-10-11-16-36(32)49-39(33)47;1-5-6(2,3)4/h10-12,15-16,18,23-24,29-31,40-42,49,56H,7-9,13-14,17,19-22,25-27H2,1-6H3;1H3,(H,2,3,4)/t29?,30-,31?,40-,41?,42+,45+,46+,47-,48+;/m0./s1. The molecule has 4 unspecified atom stereocenters. The predicted molar refractivity (Wildman–Crippen MR) is 245 cm³/mol. The summed E-state index contributed by atoms with van der Waals surface area (Å²) in [5, 5.41) is 14.5. The van der Waals surface area contributed by atoms with Crippen molar-refractivity contribution in [2.45, 2.75) is 99.8 Å². The normalized spacial score (nSPS) is 35.3. The average Bonchev–Trinajstić information content (AvgIpc) is 3.98. The monoisotopic (exact) mass is 932 g/mol. The Labute approximate surface area is 386 Å². The molecular formula is C49H64N4O12S. The molecule has 3 N–H and O–H groups in total. The number of hydrogen-bond acceptors (Lipinski definition) is 14. The van der Waals surface area contributed by atoms with Crippen molar-refractivity contribution < 1.29 is 55.6 Å². The quantitative estimate of drug-likeness (QED) is 0.128. The number of esters is 3. The molecule has 6 heterocycles. The zero-order valence-electron chi connectivity index (χ0n) is 39.0. The van der Waals surface area contributed by atoms with Gasteiger partial charge in [0.15, 0.2) is 6.10 Å². The van der Waals surface area contributed by atoms with Gasteiger partial charge in [-0.1, -0.05) is 50.1 Å². The largest absolute Gasteiger partial charge is 0.496 e. The van der Waals surface area contributed by atoms with Crippen LogP contribution < -0.4 is 9.64 Å². The van der Waals surface area contributed by atoms with Crippen molar-refractivity contribution >= 4 is 44.9 Å². The van der Waals surface area contributed by atoms with Crippen molar-refractivity contribution in [2.24, 2.45) is 23.2 Å². The second-order valence-corrected chi connectivity index (χ2v) is 20.8. The van der Waals surface area contributed by atoms with Gasteiger partial charge in [0.05, 0.1) is 34.5 Å². The first-order valence-electron chi connectivity index (χ1n) is 23.3. The van der Waals surface area contributed by atoms with Gasteiger partial charge in [-0.05, 0) is 86.1 Å². The lowest BCUT2D eigenvalue weighted by Gasteiger charge is -2.63. The molecule has 5 aliphatic heterocycles. The van der Waals surface area contributed by atoms with Crippen LogP contribution in [0.25, 0.3) is 10.9 Å². The lowest BCUT2D eigenvalue weighted by Crippen LogP contribution is -2.81. The second-order valence-electron chi connectivity index (χ2n) is 19.6. The van der Waals surface area contributed by atoms with Crippen LogP contribution in [0.2, 0.25) is 0 Å². The highest BCUT2D eigenvalue weighted by atomic mass is 32.3. The number of hydrogen-bond donors (Lipinski definition) is 3. The molecule has 66 heavy (non-hydrogen) atoms. The van der Waals surface area contributed by atoms with Gasteiger partial charge in [0, 0.05) is 90.9 Å². The molecule has 16 nitrogen and oxygen atoms in total. The van der Waals surface area contributed by atoms with Crippen LogP contribution >= 0.6 is 0 Å². The zero-order chi connectivity index (χ0) is 47.1. The van der Waals surface area contributed by atoms with Crippen molar-refractivity contribution in [3.63, 3.8) is 0 Å². The summed E-state index contributed by atoms with van der Waals surface area (Å²) in [6.07, 6.45) is 10.1. The highest BCUT2D eigenvalue weighted by molar-refractivity contribution is 7.80. The Balaban J connectivity index is 0.000000857. The highest BCUT2D eigenvalue weighted by Gasteiger charge is 2.80. The maximum Gasteiger partial charge on any atom is 0.397 e. The van der Waals surface area contributed by atoms with E-state index in [0.29, 0.717) is 49.9 Å². The lowest BCUT2D eigenvalue weighted by atomic mass is 9.47. The maximum absolute atomic E-state index is 15.5. The molecule has 7 aliphatic rings. The van der Waals surface area contributed by atoms with Gasteiger partial charge >= 0.3 is 28.3 Å². The Morgan fingerprint density at radius 2 is 1.65 bits per heavy atom. The van der Waals surface area contributed by atoms with Gasteiger partial charge < -0.3 is 38.8 Å². The third kappa shape index (κ3) is 6.68. The van der Waals surface area contributed by atoms with E-state index in [1.807, 2.05) is 31.0 Å². The molecule has 2 saturated carbocycles. The molecule has 4 fully saturated rings. The van der Waals surface area contributed by atoms with E-state index in [9.17, 15) is 23.1 Å². The number of rotatable bonds is 7. The summed E-state index contributed by atoms with van der Waals surface area (Å²) < 4.78 is 53.9. The predicted octanol–water partition coefficient (Wildman–Crippen LogP) is 4.70. The third-order valence-electron chi connectivity index (χ3n) is 17.0. The number of benzene rings is 2. The smallest absolute Gasteiger partial charge is 0.397 e. The molecular weight excluding hydrogens is 869 g/mol. The van der Waals surface area contributed by atoms with Gasteiger partial charge in [-0.25, -0.2) is 4.79 Å². The minimum Gasteiger partial charge on any atom is -0.496 e. The first kappa shape index (κ1) is 46.6. The number of fused-ring (bicyclic) bond motifs is 8. The van der Waals surface area contributed by atoms with Crippen molar-refractivity contribution in [1.29, 1.82) is 0 Å². The van der Waals surface area contributed by atoms with Gasteiger partial charge in [0.2, 0.25) is 5.60 Å². The molecule has 1 aromatic heterocycles. The fourth-order valence-electron chi connectivity index (χ4n) is 14.7. The molecule has 3 aromatic rings. The van der Waals surface area contributed by atoms with Gasteiger partial charge in [-0.15, -0.1) is 0 Å². The SMILES string of the molecule is CC[C@]12C=CCN3CC[C@@]4(c5cc([C@@]6(C(=O)OC)C[C@H]7CN(CCc8c6[nH]c6ccccc86)CC6CCCCC67)c(OC)cc5N(C)C4[C@](O)(C(=O)OC)[C@@H]1OC(C)=O)[C@@H]32.COS(=O)(=O)O. The van der Waals surface area contributed by atoms with E-state index in [1.165, 1.54) is 40.4 Å². The van der Waals surface area contributed by atoms with Crippen molar-refractivity contribution in [3.8, 4) is 5.75 Å². The number of carbonyl (C=O) groups excluding carboxylic acids is 3. The number of nitrogens with zero attached hydrogens (tertiary/aromatic N) is 3. The van der Waals surface area contributed by atoms with Gasteiger partial charge in [0.1, 0.15) is 11.2 Å². The number of piperidine rings is 1. The molecule has 0 amide bonds. The van der Waals surface area contributed by atoms with Crippen LogP contribution in [-0.2, 0) is 60.4 Å². The van der Waals surface area contributed by atoms with Crippen molar-refractivity contribution in [2.75, 3.05) is 73.1 Å². The van der Waals surface area contributed by atoms with Crippen LogP contribution in [0, 0.1) is 23.2 Å².